The molecule has 0 spiro atoms. The van der Waals surface area contributed by atoms with Gasteiger partial charge < -0.3 is 19.2 Å². The van der Waals surface area contributed by atoms with E-state index in [9.17, 15) is 19.7 Å². The summed E-state index contributed by atoms with van der Waals surface area (Å²) in [5.74, 6) is 5.53. The molecule has 0 aliphatic carbocycles. The molecule has 2 aromatic carbocycles. The maximum absolute atomic E-state index is 13.3. The van der Waals surface area contributed by atoms with Crippen molar-refractivity contribution in [2.24, 2.45) is 0 Å². The van der Waals surface area contributed by atoms with E-state index in [0.29, 0.717) is 38.4 Å². The van der Waals surface area contributed by atoms with Crippen molar-refractivity contribution < 1.29 is 29.0 Å². The number of hydrogen-bond donors (Lipinski definition) is 0. The summed E-state index contributed by atoms with van der Waals surface area (Å²) in [7, 11) is 0. The van der Waals surface area contributed by atoms with Gasteiger partial charge in [-0.15, -0.1) is 10.1 Å². The van der Waals surface area contributed by atoms with Crippen LogP contribution in [0.3, 0.4) is 0 Å². The van der Waals surface area contributed by atoms with Gasteiger partial charge in [-0.2, -0.15) is 0 Å². The molecule has 13 heteroatoms. The summed E-state index contributed by atoms with van der Waals surface area (Å²) in [6.45, 7) is 7.41. The SMILES string of the molecule is Cc1c(C(=O)OC2CN(C(=O)OC(C)(C)C)C2)nc(-c2ccc(Cl)cc2Cl)n1-c1ccc(C#CCCO[N+](=O)[O-])cc1. The number of carbonyl (C=O) groups excluding carboxylic acids is 2. The van der Waals surface area contributed by atoms with Crippen molar-refractivity contribution in [1.82, 2.24) is 14.5 Å². The number of hydrogen-bond acceptors (Lipinski definition) is 8. The van der Waals surface area contributed by atoms with E-state index >= 15 is 0 Å². The van der Waals surface area contributed by atoms with E-state index in [2.05, 4.69) is 21.7 Å². The van der Waals surface area contributed by atoms with Crippen molar-refractivity contribution in [3.8, 4) is 28.9 Å². The molecule has 0 N–H and O–H groups in total. The van der Waals surface area contributed by atoms with Crippen molar-refractivity contribution in [2.75, 3.05) is 19.7 Å². The average molecular weight is 615 g/mol. The molecule has 42 heavy (non-hydrogen) atoms. The number of carbonyl (C=O) groups is 2. The minimum absolute atomic E-state index is 0.0985. The van der Waals surface area contributed by atoms with Gasteiger partial charge in [-0.25, -0.2) is 14.6 Å². The van der Waals surface area contributed by atoms with Gasteiger partial charge in [-0.3, -0.25) is 4.57 Å². The van der Waals surface area contributed by atoms with E-state index in [-0.39, 0.29) is 31.8 Å². The maximum Gasteiger partial charge on any atom is 0.410 e. The number of nitrogens with zero attached hydrogens (tertiary/aromatic N) is 4. The minimum Gasteiger partial charge on any atom is -0.454 e. The van der Waals surface area contributed by atoms with Crippen LogP contribution in [0.4, 0.5) is 4.79 Å². The highest BCUT2D eigenvalue weighted by Crippen LogP contribution is 2.33. The van der Waals surface area contributed by atoms with Gasteiger partial charge in [0.05, 0.1) is 23.8 Å². The number of likely N-dealkylation sites (tertiary alicyclic amines) is 1. The summed E-state index contributed by atoms with van der Waals surface area (Å²) in [5.41, 5.74) is 1.91. The third-order valence-electron chi connectivity index (χ3n) is 6.03. The predicted octanol–water partition coefficient (Wildman–Crippen LogP) is 5.88. The van der Waals surface area contributed by atoms with E-state index in [0.717, 1.165) is 0 Å². The van der Waals surface area contributed by atoms with Gasteiger partial charge in [0.1, 0.15) is 24.1 Å². The lowest BCUT2D eigenvalue weighted by atomic mass is 10.1. The number of ether oxygens (including phenoxy) is 2. The van der Waals surface area contributed by atoms with Crippen LogP contribution < -0.4 is 0 Å². The standard InChI is InChI=1S/C29H28Cl2N4O7/c1-18-25(27(36)41-22-16-33(17-22)28(37)42-29(2,3)4)32-26(23-13-10-20(30)15-24(23)31)34(18)21-11-8-19(9-12-21)7-5-6-14-40-35(38)39/h8-13,15,22H,6,14,16-17H2,1-4H3. The molecule has 1 saturated heterocycles. The molecule has 1 fully saturated rings. The largest absolute Gasteiger partial charge is 0.454 e. The van der Waals surface area contributed by atoms with Crippen molar-refractivity contribution in [3.63, 3.8) is 0 Å². The first-order chi connectivity index (χ1) is 19.8. The summed E-state index contributed by atoms with van der Waals surface area (Å²) < 4.78 is 12.8. The Labute approximate surface area is 252 Å². The fourth-order valence-electron chi connectivity index (χ4n) is 4.09. The lowest BCUT2D eigenvalue weighted by Crippen LogP contribution is -2.56. The minimum atomic E-state index is -0.858. The normalized spacial score (nSPS) is 13.0. The Hall–Kier alpha value is -4.27. The van der Waals surface area contributed by atoms with Gasteiger partial charge in [0.15, 0.2) is 5.69 Å². The average Bonchev–Trinajstić information content (AvgIpc) is 3.21. The molecular weight excluding hydrogens is 587 g/mol. The fraction of sp³-hybridized carbons (Fsp3) is 0.345. The highest BCUT2D eigenvalue weighted by molar-refractivity contribution is 6.36. The molecule has 1 aliphatic rings. The van der Waals surface area contributed by atoms with Crippen molar-refractivity contribution in [3.05, 3.63) is 79.6 Å². The van der Waals surface area contributed by atoms with Crippen LogP contribution >= 0.6 is 23.2 Å². The van der Waals surface area contributed by atoms with Crippen molar-refractivity contribution in [2.45, 2.75) is 45.8 Å². The van der Waals surface area contributed by atoms with Crippen molar-refractivity contribution >= 4 is 35.3 Å². The number of amides is 1. The molecule has 11 nitrogen and oxygen atoms in total. The Morgan fingerprint density at radius 1 is 1.14 bits per heavy atom. The van der Waals surface area contributed by atoms with Crippen LogP contribution in [0.2, 0.25) is 10.0 Å². The van der Waals surface area contributed by atoms with Crippen molar-refractivity contribution in [1.29, 1.82) is 0 Å². The zero-order valence-electron chi connectivity index (χ0n) is 23.3. The Morgan fingerprint density at radius 2 is 1.83 bits per heavy atom. The van der Waals surface area contributed by atoms with Gasteiger partial charge in [0.2, 0.25) is 0 Å². The second kappa shape index (κ2) is 12.7. The Morgan fingerprint density at radius 3 is 2.45 bits per heavy atom. The summed E-state index contributed by atoms with van der Waals surface area (Å²) in [5, 5.41) is 10.2. The highest BCUT2D eigenvalue weighted by Gasteiger charge is 2.37. The first-order valence-corrected chi connectivity index (χ1v) is 13.7. The molecule has 3 aromatic rings. The molecule has 0 bridgehead atoms. The number of rotatable bonds is 7. The molecular formula is C29H28Cl2N4O7. The third kappa shape index (κ3) is 7.51. The lowest BCUT2D eigenvalue weighted by Gasteiger charge is -2.38. The number of aromatic nitrogens is 2. The van der Waals surface area contributed by atoms with E-state index in [1.54, 1.807) is 74.7 Å². The smallest absolute Gasteiger partial charge is 0.410 e. The molecule has 1 aromatic heterocycles. The van der Waals surface area contributed by atoms with Gasteiger partial charge >= 0.3 is 12.1 Å². The molecule has 220 valence electrons. The summed E-state index contributed by atoms with van der Waals surface area (Å²) in [6, 6.07) is 12.2. The van der Waals surface area contributed by atoms with Crippen LogP contribution in [0.25, 0.3) is 17.1 Å². The van der Waals surface area contributed by atoms with Crippen LogP contribution in [-0.4, -0.2) is 63.0 Å². The summed E-state index contributed by atoms with van der Waals surface area (Å²) >= 11 is 12.6. The molecule has 1 amide bonds. The predicted molar refractivity (Wildman–Crippen MR) is 155 cm³/mol. The fourth-order valence-corrected chi connectivity index (χ4v) is 4.58. The Balaban J connectivity index is 1.57. The van der Waals surface area contributed by atoms with Gasteiger partial charge in [-0.05, 0) is 70.2 Å². The zero-order valence-corrected chi connectivity index (χ0v) is 24.9. The molecule has 0 saturated carbocycles. The van der Waals surface area contributed by atoms with Crippen LogP contribution in [0.15, 0.2) is 42.5 Å². The molecule has 0 unspecified atom stereocenters. The summed E-state index contributed by atoms with van der Waals surface area (Å²) in [6.07, 6.45) is -0.761. The Kier molecular flexibility index (Phi) is 9.29. The number of esters is 1. The number of imidazole rings is 1. The number of benzene rings is 2. The monoisotopic (exact) mass is 614 g/mol. The quantitative estimate of drug-likeness (QED) is 0.106. The summed E-state index contributed by atoms with van der Waals surface area (Å²) in [4.78, 5) is 46.1. The van der Waals surface area contributed by atoms with Crippen LogP contribution in [-0.2, 0) is 14.3 Å². The van der Waals surface area contributed by atoms with Gasteiger partial charge in [0.25, 0.3) is 5.09 Å². The highest BCUT2D eigenvalue weighted by atomic mass is 35.5. The van der Waals surface area contributed by atoms with E-state index in [1.807, 2.05) is 0 Å². The second-order valence-electron chi connectivity index (χ2n) is 10.4. The van der Waals surface area contributed by atoms with E-state index in [4.69, 9.17) is 32.7 Å². The molecule has 0 radical (unpaired) electrons. The van der Waals surface area contributed by atoms with Crippen LogP contribution in [0, 0.1) is 28.9 Å². The molecule has 1 aliphatic heterocycles. The zero-order chi connectivity index (χ0) is 30.6. The van der Waals surface area contributed by atoms with Crippen LogP contribution in [0.5, 0.6) is 0 Å². The molecule has 0 atom stereocenters. The Bertz CT molecular complexity index is 1560. The third-order valence-corrected chi connectivity index (χ3v) is 6.58. The first kappa shape index (κ1) is 30.7. The molecule has 2 heterocycles. The maximum atomic E-state index is 13.3. The van der Waals surface area contributed by atoms with Gasteiger partial charge in [-0.1, -0.05) is 35.0 Å². The molecule has 4 rings (SSSR count). The van der Waals surface area contributed by atoms with E-state index in [1.165, 1.54) is 4.90 Å². The van der Waals surface area contributed by atoms with Gasteiger partial charge in [0, 0.05) is 28.3 Å². The second-order valence-corrected chi connectivity index (χ2v) is 11.2. The first-order valence-electron chi connectivity index (χ1n) is 12.9. The lowest BCUT2D eigenvalue weighted by molar-refractivity contribution is -0.757. The topological polar surface area (TPSA) is 126 Å². The van der Waals surface area contributed by atoms with Crippen LogP contribution in [0.1, 0.15) is 48.9 Å². The number of halogens is 2. The van der Waals surface area contributed by atoms with E-state index < -0.39 is 28.9 Å².